The van der Waals surface area contributed by atoms with Gasteiger partial charge in [-0.1, -0.05) is 90.9 Å². The molecule has 0 amide bonds. The minimum absolute atomic E-state index is 0.280. The fraction of sp³-hybridized carbons (Fsp3) is 1.00. The van der Waals surface area contributed by atoms with Crippen molar-refractivity contribution in [3.8, 4) is 0 Å². The average molecular weight is 515 g/mol. The van der Waals surface area contributed by atoms with Crippen molar-refractivity contribution >= 4 is 0 Å². The summed E-state index contributed by atoms with van der Waals surface area (Å²) in [5.74, 6) is 0. The molecule has 218 valence electrons. The molecule has 0 aliphatic carbocycles. The van der Waals surface area contributed by atoms with Crippen molar-refractivity contribution in [3.63, 3.8) is 0 Å². The number of hydrogen-bond donors (Lipinski definition) is 5. The fourth-order valence-electron chi connectivity index (χ4n) is 4.76. The molecular weight excluding hydrogens is 448 g/mol. The van der Waals surface area contributed by atoms with Crippen molar-refractivity contribution in [2.24, 2.45) is 5.73 Å². The first-order valence-corrected chi connectivity index (χ1v) is 15.8. The molecule has 0 rings (SSSR count). The highest BCUT2D eigenvalue weighted by Gasteiger charge is 2.15. The molecule has 0 heterocycles. The molecule has 6 heteroatoms. The summed E-state index contributed by atoms with van der Waals surface area (Å²) in [5.41, 5.74) is 5.51. The highest BCUT2D eigenvalue weighted by atomic mass is 16.3. The van der Waals surface area contributed by atoms with Crippen LogP contribution in [0.3, 0.4) is 0 Å². The van der Waals surface area contributed by atoms with Crippen molar-refractivity contribution in [1.29, 1.82) is 0 Å². The summed E-state index contributed by atoms with van der Waals surface area (Å²) in [7, 11) is 0. The molecule has 0 fully saturated rings. The molecule has 2 atom stereocenters. The van der Waals surface area contributed by atoms with E-state index in [0.29, 0.717) is 13.1 Å². The van der Waals surface area contributed by atoms with Gasteiger partial charge in [0, 0.05) is 13.1 Å². The fourth-order valence-corrected chi connectivity index (χ4v) is 4.76. The largest absolute Gasteiger partial charge is 0.392 e. The van der Waals surface area contributed by atoms with Crippen molar-refractivity contribution in [1.82, 2.24) is 15.5 Å². The number of rotatable bonds is 30. The third-order valence-electron chi connectivity index (χ3n) is 7.06. The molecule has 6 N–H and O–H groups in total. The van der Waals surface area contributed by atoms with Crippen LogP contribution in [0.15, 0.2) is 0 Å². The molecule has 0 bridgehead atoms. The van der Waals surface area contributed by atoms with Gasteiger partial charge in [-0.2, -0.15) is 0 Å². The van der Waals surface area contributed by atoms with Crippen LogP contribution in [0.2, 0.25) is 0 Å². The minimum Gasteiger partial charge on any atom is -0.392 e. The van der Waals surface area contributed by atoms with Crippen LogP contribution in [0.1, 0.15) is 129 Å². The number of unbranched alkanes of at least 4 members (excludes halogenated alkanes) is 11. The second-order valence-electron chi connectivity index (χ2n) is 10.9. The van der Waals surface area contributed by atoms with Crippen LogP contribution in [0.4, 0.5) is 0 Å². The standard InChI is InChI=1S/C30H66N4O2/c1-3-5-7-9-11-13-19-29(35)27-34(28-30(36)20-14-12-10-8-6-4-2)26-18-25-33-23-16-15-22-32-24-17-21-31/h29-30,32-33,35-36H,3-28,31H2,1-2H3/t29-,30-/m0/s1. The van der Waals surface area contributed by atoms with Crippen molar-refractivity contribution in [2.75, 3.05) is 52.4 Å². The molecule has 0 aliphatic heterocycles. The third-order valence-corrected chi connectivity index (χ3v) is 7.06. The van der Waals surface area contributed by atoms with E-state index in [1.807, 2.05) is 0 Å². The van der Waals surface area contributed by atoms with Gasteiger partial charge in [0.2, 0.25) is 0 Å². The number of nitrogens with one attached hydrogen (secondary N) is 2. The zero-order chi connectivity index (χ0) is 26.5. The lowest BCUT2D eigenvalue weighted by Gasteiger charge is -2.27. The number of aliphatic hydroxyl groups excluding tert-OH is 2. The van der Waals surface area contributed by atoms with E-state index in [2.05, 4.69) is 29.4 Å². The second-order valence-corrected chi connectivity index (χ2v) is 10.9. The lowest BCUT2D eigenvalue weighted by Crippen LogP contribution is -2.39. The van der Waals surface area contributed by atoms with E-state index in [1.54, 1.807) is 0 Å². The predicted molar refractivity (Wildman–Crippen MR) is 158 cm³/mol. The highest BCUT2D eigenvalue weighted by Crippen LogP contribution is 2.12. The third kappa shape index (κ3) is 26.8. The number of nitrogens with two attached hydrogens (primary N) is 1. The van der Waals surface area contributed by atoms with E-state index in [9.17, 15) is 10.2 Å². The van der Waals surface area contributed by atoms with Crippen LogP contribution in [-0.4, -0.2) is 79.7 Å². The van der Waals surface area contributed by atoms with Crippen LogP contribution in [0.25, 0.3) is 0 Å². The Morgan fingerprint density at radius 3 is 1.44 bits per heavy atom. The van der Waals surface area contributed by atoms with Gasteiger partial charge in [0.1, 0.15) is 0 Å². The molecule has 0 aromatic rings. The Kier molecular flexibility index (Phi) is 29.1. The smallest absolute Gasteiger partial charge is 0.0667 e. The molecular formula is C30H66N4O2. The zero-order valence-electron chi connectivity index (χ0n) is 24.5. The maximum absolute atomic E-state index is 10.7. The Balaban J connectivity index is 4.15. The number of nitrogens with zero attached hydrogens (tertiary/aromatic N) is 1. The normalized spacial score (nSPS) is 13.5. The number of aliphatic hydroxyl groups is 2. The van der Waals surface area contributed by atoms with Gasteiger partial charge in [-0.3, -0.25) is 4.90 Å². The van der Waals surface area contributed by atoms with E-state index >= 15 is 0 Å². The zero-order valence-corrected chi connectivity index (χ0v) is 24.5. The summed E-state index contributed by atoms with van der Waals surface area (Å²) in [5, 5.41) is 28.3. The van der Waals surface area contributed by atoms with Crippen LogP contribution < -0.4 is 16.4 Å². The molecule has 0 spiro atoms. The Hall–Kier alpha value is -0.240. The Bertz CT molecular complexity index is 390. The van der Waals surface area contributed by atoms with Gasteiger partial charge in [-0.05, 0) is 77.8 Å². The van der Waals surface area contributed by atoms with E-state index in [-0.39, 0.29) is 12.2 Å². The van der Waals surface area contributed by atoms with E-state index < -0.39 is 0 Å². The number of hydrogen-bond acceptors (Lipinski definition) is 6. The van der Waals surface area contributed by atoms with Gasteiger partial charge in [0.05, 0.1) is 12.2 Å². The molecule has 0 saturated heterocycles. The summed E-state index contributed by atoms with van der Waals surface area (Å²) < 4.78 is 0. The van der Waals surface area contributed by atoms with Gasteiger partial charge < -0.3 is 26.6 Å². The van der Waals surface area contributed by atoms with Gasteiger partial charge in [0.25, 0.3) is 0 Å². The van der Waals surface area contributed by atoms with Crippen LogP contribution in [-0.2, 0) is 0 Å². The molecule has 0 unspecified atom stereocenters. The Morgan fingerprint density at radius 2 is 0.972 bits per heavy atom. The molecule has 0 aromatic heterocycles. The first-order chi connectivity index (χ1) is 17.6. The summed E-state index contributed by atoms with van der Waals surface area (Å²) >= 11 is 0. The van der Waals surface area contributed by atoms with Crippen LogP contribution in [0.5, 0.6) is 0 Å². The minimum atomic E-state index is -0.280. The molecule has 0 saturated carbocycles. The van der Waals surface area contributed by atoms with Gasteiger partial charge in [-0.15, -0.1) is 0 Å². The van der Waals surface area contributed by atoms with Gasteiger partial charge in [0.15, 0.2) is 0 Å². The monoisotopic (exact) mass is 515 g/mol. The van der Waals surface area contributed by atoms with Crippen molar-refractivity contribution in [2.45, 2.75) is 142 Å². The first-order valence-electron chi connectivity index (χ1n) is 15.8. The van der Waals surface area contributed by atoms with Crippen LogP contribution in [0, 0.1) is 0 Å². The lowest BCUT2D eigenvalue weighted by atomic mass is 10.1. The summed E-state index contributed by atoms with van der Waals surface area (Å²) in [4.78, 5) is 2.31. The molecule has 0 aromatic carbocycles. The van der Waals surface area contributed by atoms with Crippen LogP contribution >= 0.6 is 0 Å². The second kappa shape index (κ2) is 29.3. The maximum atomic E-state index is 10.7. The predicted octanol–water partition coefficient (Wildman–Crippen LogP) is 5.21. The topological polar surface area (TPSA) is 93.8 Å². The van der Waals surface area contributed by atoms with Crippen molar-refractivity contribution in [3.05, 3.63) is 0 Å². The summed E-state index contributed by atoms with van der Waals surface area (Å²) in [6, 6.07) is 0. The molecule has 0 radical (unpaired) electrons. The summed E-state index contributed by atoms with van der Waals surface area (Å²) in [6.07, 6.45) is 20.8. The Morgan fingerprint density at radius 1 is 0.556 bits per heavy atom. The van der Waals surface area contributed by atoms with Crippen molar-refractivity contribution < 1.29 is 10.2 Å². The van der Waals surface area contributed by atoms with Gasteiger partial charge in [-0.25, -0.2) is 0 Å². The first kappa shape index (κ1) is 35.8. The SMILES string of the molecule is CCCCCCCC[C@H](O)CN(CCCNCCCCNCCCN)C[C@@H](O)CCCCCCCC. The molecule has 6 nitrogen and oxygen atoms in total. The molecule has 0 aliphatic rings. The van der Waals surface area contributed by atoms with E-state index in [1.165, 1.54) is 77.0 Å². The lowest BCUT2D eigenvalue weighted by molar-refractivity contribution is 0.0600. The highest BCUT2D eigenvalue weighted by molar-refractivity contribution is 4.70. The average Bonchev–Trinajstić information content (AvgIpc) is 2.86. The Labute approximate surface area is 225 Å². The van der Waals surface area contributed by atoms with E-state index in [0.717, 1.165) is 77.8 Å². The quantitative estimate of drug-likeness (QED) is 0.0845. The maximum Gasteiger partial charge on any atom is 0.0667 e. The van der Waals surface area contributed by atoms with E-state index in [4.69, 9.17) is 5.73 Å². The summed E-state index contributed by atoms with van der Waals surface area (Å²) in [6.45, 7) is 11.7. The molecule has 36 heavy (non-hydrogen) atoms. The van der Waals surface area contributed by atoms with Gasteiger partial charge >= 0.3 is 0 Å².